The van der Waals surface area contributed by atoms with Gasteiger partial charge in [-0.2, -0.15) is 0 Å². The summed E-state index contributed by atoms with van der Waals surface area (Å²) in [5.41, 5.74) is 4.27. The summed E-state index contributed by atoms with van der Waals surface area (Å²) < 4.78 is 7.13. The van der Waals surface area contributed by atoms with Gasteiger partial charge in [-0.3, -0.25) is 19.1 Å². The van der Waals surface area contributed by atoms with Crippen LogP contribution in [0.2, 0.25) is 0 Å². The van der Waals surface area contributed by atoms with Gasteiger partial charge >= 0.3 is 5.97 Å². The number of aryl methyl sites for hydroxylation is 2. The number of amides is 1. The molecule has 1 aliphatic heterocycles. The van der Waals surface area contributed by atoms with Crippen LogP contribution in [0.15, 0.2) is 41.9 Å². The molecule has 1 N–H and O–H groups in total. The van der Waals surface area contributed by atoms with Crippen molar-refractivity contribution in [2.45, 2.75) is 40.2 Å². The monoisotopic (exact) mass is 477 g/mol. The highest BCUT2D eigenvalue weighted by Crippen LogP contribution is 2.41. The second-order valence-electron chi connectivity index (χ2n) is 8.14. The van der Waals surface area contributed by atoms with E-state index in [1.165, 1.54) is 13.2 Å². The number of aliphatic imine (C=N–C) groups is 1. The maximum Gasteiger partial charge on any atom is 0.311 e. The van der Waals surface area contributed by atoms with Crippen molar-refractivity contribution in [3.05, 3.63) is 70.1 Å². The maximum absolute atomic E-state index is 12.8. The third-order valence-corrected chi connectivity index (χ3v) is 7.30. The largest absolute Gasteiger partial charge is 0.469 e. The number of carbonyl (C=O) groups is 2. The fraction of sp³-hybridized carbons (Fsp3) is 0.320. The van der Waals surface area contributed by atoms with Crippen LogP contribution in [0.25, 0.3) is 5.00 Å². The number of rotatable bonds is 6. The van der Waals surface area contributed by atoms with Gasteiger partial charge in [0, 0.05) is 21.7 Å². The third-order valence-electron chi connectivity index (χ3n) is 6.10. The molecule has 3 heterocycles. The van der Waals surface area contributed by atoms with E-state index in [4.69, 9.17) is 9.73 Å². The molecule has 1 amide bonds. The fourth-order valence-electron chi connectivity index (χ4n) is 4.22. The molecule has 4 rings (SSSR count). The Morgan fingerprint density at radius 1 is 1.29 bits per heavy atom. The van der Waals surface area contributed by atoms with Crippen molar-refractivity contribution in [3.8, 4) is 5.00 Å². The van der Waals surface area contributed by atoms with E-state index >= 15 is 0 Å². The maximum atomic E-state index is 12.8. The summed E-state index contributed by atoms with van der Waals surface area (Å²) in [6.45, 7) is 11.5. The van der Waals surface area contributed by atoms with E-state index in [1.807, 2.05) is 42.7 Å². The number of hydrogen-bond acceptors (Lipinski definition) is 7. The molecule has 0 spiro atoms. The zero-order valence-corrected chi connectivity index (χ0v) is 20.7. The third kappa shape index (κ3) is 3.96. The summed E-state index contributed by atoms with van der Waals surface area (Å²) in [5, 5.41) is 12.6. The molecule has 0 fully saturated rings. The number of aromatic nitrogens is 3. The molecule has 9 heteroatoms. The molecule has 1 unspecified atom stereocenters. The van der Waals surface area contributed by atoms with Crippen LogP contribution in [-0.4, -0.2) is 39.5 Å². The highest BCUT2D eigenvalue weighted by atomic mass is 32.1. The number of esters is 1. The fourth-order valence-corrected chi connectivity index (χ4v) is 5.44. The van der Waals surface area contributed by atoms with Gasteiger partial charge in [-0.1, -0.05) is 25.6 Å². The zero-order chi connectivity index (χ0) is 24.6. The molecule has 176 valence electrons. The summed E-state index contributed by atoms with van der Waals surface area (Å²) in [4.78, 5) is 31.0. The normalized spacial score (nSPS) is 15.4. The predicted molar refractivity (Wildman–Crippen MR) is 133 cm³/mol. The van der Waals surface area contributed by atoms with Crippen LogP contribution in [-0.2, 0) is 14.3 Å². The van der Waals surface area contributed by atoms with Gasteiger partial charge in [0.2, 0.25) is 5.91 Å². The molecule has 0 aliphatic carbocycles. The summed E-state index contributed by atoms with van der Waals surface area (Å²) in [5.74, 6) is 0.183. The summed E-state index contributed by atoms with van der Waals surface area (Å²) >= 11 is 1.65. The quantitative estimate of drug-likeness (QED) is 0.417. The molecule has 0 bridgehead atoms. The highest BCUT2D eigenvalue weighted by Gasteiger charge is 2.38. The van der Waals surface area contributed by atoms with Crippen molar-refractivity contribution in [1.82, 2.24) is 14.8 Å². The molecule has 3 aromatic rings. The summed E-state index contributed by atoms with van der Waals surface area (Å²) in [6.07, 6.45) is 1.76. The second-order valence-corrected chi connectivity index (χ2v) is 9.34. The Labute approximate surface area is 202 Å². The highest BCUT2D eigenvalue weighted by molar-refractivity contribution is 7.15. The van der Waals surface area contributed by atoms with Crippen LogP contribution in [0.5, 0.6) is 0 Å². The lowest BCUT2D eigenvalue weighted by molar-refractivity contribution is -0.146. The second kappa shape index (κ2) is 9.34. The van der Waals surface area contributed by atoms with Crippen LogP contribution >= 0.6 is 11.3 Å². The molecule has 34 heavy (non-hydrogen) atoms. The van der Waals surface area contributed by atoms with Gasteiger partial charge in [0.05, 0.1) is 18.7 Å². The Bertz CT molecular complexity index is 1320. The number of thiophene rings is 1. The van der Waals surface area contributed by atoms with Crippen molar-refractivity contribution >= 4 is 34.6 Å². The minimum absolute atomic E-state index is 0.292. The first-order valence-corrected chi connectivity index (χ1v) is 11.8. The molecular weight excluding hydrogens is 450 g/mol. The topological polar surface area (TPSA) is 98.5 Å². The van der Waals surface area contributed by atoms with Gasteiger partial charge in [0.1, 0.15) is 16.9 Å². The minimum atomic E-state index is -0.584. The van der Waals surface area contributed by atoms with Gasteiger partial charge in [-0.25, -0.2) is 0 Å². The number of anilines is 1. The molecule has 2 aromatic heterocycles. The lowest BCUT2D eigenvalue weighted by atomic mass is 9.95. The first-order chi connectivity index (χ1) is 16.3. The van der Waals surface area contributed by atoms with Crippen molar-refractivity contribution in [3.63, 3.8) is 0 Å². The Kier molecular flexibility index (Phi) is 6.47. The molecule has 0 saturated carbocycles. The van der Waals surface area contributed by atoms with E-state index in [9.17, 15) is 9.59 Å². The van der Waals surface area contributed by atoms with E-state index < -0.39 is 12.0 Å². The molecule has 1 aliphatic rings. The van der Waals surface area contributed by atoms with Gasteiger partial charge < -0.3 is 10.1 Å². The molecule has 8 nitrogen and oxygen atoms in total. The molecule has 0 saturated heterocycles. The van der Waals surface area contributed by atoms with Gasteiger partial charge in [0.25, 0.3) is 0 Å². The Hall–Kier alpha value is -3.59. The molecule has 0 radical (unpaired) electrons. The van der Waals surface area contributed by atoms with E-state index in [2.05, 4.69) is 35.9 Å². The first-order valence-electron chi connectivity index (χ1n) is 11.0. The number of fused-ring (bicyclic) bond motifs is 3. The van der Waals surface area contributed by atoms with Crippen LogP contribution in [0.4, 0.5) is 5.69 Å². The van der Waals surface area contributed by atoms with Gasteiger partial charge in [-0.05, 0) is 51.0 Å². The number of hydrogen-bond donors (Lipinski definition) is 1. The zero-order valence-electron chi connectivity index (χ0n) is 19.9. The molecule has 2 atom stereocenters. The van der Waals surface area contributed by atoms with Crippen LogP contribution in [0, 0.1) is 26.7 Å². The van der Waals surface area contributed by atoms with Crippen molar-refractivity contribution < 1.29 is 14.3 Å². The molecule has 1 aromatic carbocycles. The van der Waals surface area contributed by atoms with E-state index in [-0.39, 0.29) is 11.9 Å². The van der Waals surface area contributed by atoms with Crippen LogP contribution in [0.3, 0.4) is 0 Å². The number of carbonyl (C=O) groups excluding carboxylic acids is 2. The Balaban J connectivity index is 2.00. The summed E-state index contributed by atoms with van der Waals surface area (Å²) in [6, 6.07) is 6.93. The minimum Gasteiger partial charge on any atom is -0.469 e. The number of ether oxygens (including phenoxy) is 1. The predicted octanol–water partition coefficient (Wildman–Crippen LogP) is 4.47. The number of methoxy groups -OCH3 is 1. The van der Waals surface area contributed by atoms with Crippen LogP contribution in [0.1, 0.15) is 52.6 Å². The van der Waals surface area contributed by atoms with Gasteiger partial charge in [-0.15, -0.1) is 21.5 Å². The Morgan fingerprint density at radius 2 is 2.06 bits per heavy atom. The van der Waals surface area contributed by atoms with E-state index in [1.54, 1.807) is 11.3 Å². The number of nitrogens with one attached hydrogen (secondary N) is 1. The van der Waals surface area contributed by atoms with Crippen molar-refractivity contribution in [2.24, 2.45) is 10.9 Å². The smallest absolute Gasteiger partial charge is 0.311 e. The SMILES string of the molecule is C=CC(=O)Nc1cccc(C2=N[C@@H](C(CC)C(=O)OC)c3nnc(C)n3-c3sc(C)c(C)c32)c1. The Morgan fingerprint density at radius 3 is 2.74 bits per heavy atom. The summed E-state index contributed by atoms with van der Waals surface area (Å²) in [7, 11) is 1.39. The van der Waals surface area contributed by atoms with Crippen LogP contribution < -0.4 is 5.32 Å². The lowest BCUT2D eigenvalue weighted by Crippen LogP contribution is -2.24. The lowest BCUT2D eigenvalue weighted by Gasteiger charge is -2.20. The van der Waals surface area contributed by atoms with Crippen molar-refractivity contribution in [2.75, 3.05) is 12.4 Å². The van der Waals surface area contributed by atoms with Gasteiger partial charge in [0.15, 0.2) is 5.82 Å². The molecular formula is C25H27N5O3S. The number of nitrogens with zero attached hydrogens (tertiary/aromatic N) is 4. The van der Waals surface area contributed by atoms with E-state index in [0.717, 1.165) is 38.1 Å². The standard InChI is InChI=1S/C25H27N5O3S/c1-7-18(25(32)33-6)22-23-29-28-15(5)30(23)24-20(13(3)14(4)34-24)21(27-22)16-10-9-11-17(12-16)26-19(31)8-2/h8-12,18,22H,2,7H2,1,3-6H3,(H,26,31)/t18?,22-/m0/s1. The average molecular weight is 478 g/mol. The number of benzene rings is 1. The average Bonchev–Trinajstić information content (AvgIpc) is 3.30. The van der Waals surface area contributed by atoms with E-state index in [0.29, 0.717) is 17.9 Å². The van der Waals surface area contributed by atoms with Crippen molar-refractivity contribution in [1.29, 1.82) is 0 Å². The first kappa shape index (κ1) is 23.6.